The molecule has 0 aliphatic heterocycles. The predicted molar refractivity (Wildman–Crippen MR) is 73.1 cm³/mol. The van der Waals surface area contributed by atoms with Crippen LogP contribution in [0.1, 0.15) is 38.2 Å². The summed E-state index contributed by atoms with van der Waals surface area (Å²) < 4.78 is 5.96. The third-order valence-corrected chi connectivity index (χ3v) is 4.01. The molecule has 1 saturated carbocycles. The second-order valence-electron chi connectivity index (χ2n) is 4.90. The summed E-state index contributed by atoms with van der Waals surface area (Å²) in [4.78, 5) is 0. The zero-order valence-electron chi connectivity index (χ0n) is 10.1. The van der Waals surface area contributed by atoms with Crippen molar-refractivity contribution < 1.29 is 4.74 Å². The van der Waals surface area contributed by atoms with E-state index in [1.807, 2.05) is 18.2 Å². The molecule has 0 unspecified atom stereocenters. The van der Waals surface area contributed by atoms with E-state index in [2.05, 4.69) is 6.92 Å². The van der Waals surface area contributed by atoms with Crippen molar-refractivity contribution in [1.29, 1.82) is 0 Å². The maximum atomic E-state index is 6.17. The Balaban J connectivity index is 1.99. The third kappa shape index (κ3) is 3.53. The van der Waals surface area contributed by atoms with Gasteiger partial charge in [0.15, 0.2) is 0 Å². The van der Waals surface area contributed by atoms with Gasteiger partial charge in [0, 0.05) is 5.88 Å². The lowest BCUT2D eigenvalue weighted by Gasteiger charge is -2.27. The fourth-order valence-corrected chi connectivity index (χ4v) is 2.66. The van der Waals surface area contributed by atoms with E-state index in [0.717, 1.165) is 30.1 Å². The number of benzene rings is 1. The fraction of sp³-hybridized carbons (Fsp3) is 0.571. The Kier molecular flexibility index (Phi) is 4.58. The highest BCUT2D eigenvalue weighted by molar-refractivity contribution is 6.32. The van der Waals surface area contributed by atoms with Crippen molar-refractivity contribution in [2.75, 3.05) is 0 Å². The molecule has 1 aliphatic rings. The summed E-state index contributed by atoms with van der Waals surface area (Å²) in [5, 5.41) is 0.668. The predicted octanol–water partition coefficient (Wildman–Crippen LogP) is 5.04. The largest absolute Gasteiger partial charge is 0.489 e. The highest BCUT2D eigenvalue weighted by Gasteiger charge is 2.20. The molecule has 2 rings (SSSR count). The second-order valence-corrected chi connectivity index (χ2v) is 5.57. The van der Waals surface area contributed by atoms with E-state index in [9.17, 15) is 0 Å². The molecule has 1 aliphatic carbocycles. The number of alkyl halides is 1. The highest BCUT2D eigenvalue weighted by Crippen LogP contribution is 2.31. The van der Waals surface area contributed by atoms with Gasteiger partial charge in [-0.05, 0) is 49.3 Å². The van der Waals surface area contributed by atoms with Crippen LogP contribution in [0.5, 0.6) is 5.75 Å². The van der Waals surface area contributed by atoms with Crippen LogP contribution in [0.3, 0.4) is 0 Å². The van der Waals surface area contributed by atoms with Crippen LogP contribution in [0.2, 0.25) is 5.02 Å². The number of rotatable bonds is 3. The smallest absolute Gasteiger partial charge is 0.138 e. The second kappa shape index (κ2) is 5.97. The standard InChI is InChI=1S/C14H18Cl2O/c1-10-2-5-12(6-3-10)17-14-7-4-11(9-15)8-13(14)16/h4,7-8,10,12H,2-3,5-6,9H2,1H3. The number of hydrogen-bond donors (Lipinski definition) is 0. The van der Waals surface area contributed by atoms with Crippen LogP contribution in [0, 0.1) is 5.92 Å². The Labute approximate surface area is 113 Å². The summed E-state index contributed by atoms with van der Waals surface area (Å²) in [7, 11) is 0. The van der Waals surface area contributed by atoms with E-state index in [1.165, 1.54) is 12.8 Å². The van der Waals surface area contributed by atoms with Crippen molar-refractivity contribution >= 4 is 23.2 Å². The summed E-state index contributed by atoms with van der Waals surface area (Å²) in [5.74, 6) is 2.12. The zero-order valence-corrected chi connectivity index (χ0v) is 11.6. The minimum Gasteiger partial charge on any atom is -0.489 e. The molecule has 1 nitrogen and oxygen atoms in total. The molecule has 94 valence electrons. The first-order chi connectivity index (χ1) is 8.19. The summed E-state index contributed by atoms with van der Waals surface area (Å²) in [6, 6.07) is 5.78. The molecule has 1 aromatic rings. The van der Waals surface area contributed by atoms with Crippen LogP contribution >= 0.6 is 23.2 Å². The van der Waals surface area contributed by atoms with E-state index >= 15 is 0 Å². The van der Waals surface area contributed by atoms with Crippen molar-refractivity contribution in [3.8, 4) is 5.75 Å². The van der Waals surface area contributed by atoms with Gasteiger partial charge in [0.05, 0.1) is 11.1 Å². The van der Waals surface area contributed by atoms with Crippen molar-refractivity contribution in [1.82, 2.24) is 0 Å². The van der Waals surface area contributed by atoms with Gasteiger partial charge in [-0.1, -0.05) is 24.6 Å². The molecule has 17 heavy (non-hydrogen) atoms. The first-order valence-corrected chi connectivity index (χ1v) is 7.11. The van der Waals surface area contributed by atoms with Crippen molar-refractivity contribution in [3.63, 3.8) is 0 Å². The maximum absolute atomic E-state index is 6.17. The van der Waals surface area contributed by atoms with Crippen LogP contribution in [-0.4, -0.2) is 6.10 Å². The average molecular weight is 273 g/mol. The van der Waals surface area contributed by atoms with Gasteiger partial charge in [-0.15, -0.1) is 11.6 Å². The first-order valence-electron chi connectivity index (χ1n) is 6.20. The Bertz CT molecular complexity index is 370. The molecule has 0 radical (unpaired) electrons. The first kappa shape index (κ1) is 13.0. The number of halogens is 2. The van der Waals surface area contributed by atoms with Gasteiger partial charge in [0.2, 0.25) is 0 Å². The molecule has 0 N–H and O–H groups in total. The molecule has 0 spiro atoms. The van der Waals surface area contributed by atoms with E-state index in [4.69, 9.17) is 27.9 Å². The van der Waals surface area contributed by atoms with Crippen LogP contribution < -0.4 is 4.74 Å². The monoisotopic (exact) mass is 272 g/mol. The molecule has 0 bridgehead atoms. The van der Waals surface area contributed by atoms with Crippen molar-refractivity contribution in [2.24, 2.45) is 5.92 Å². The van der Waals surface area contributed by atoms with Crippen LogP contribution in [0.15, 0.2) is 18.2 Å². The molecule has 0 amide bonds. The van der Waals surface area contributed by atoms with Gasteiger partial charge in [0.1, 0.15) is 5.75 Å². The quantitative estimate of drug-likeness (QED) is 0.701. The normalized spacial score (nSPS) is 24.6. The Hall–Kier alpha value is -0.400. The molecule has 0 heterocycles. The lowest BCUT2D eigenvalue weighted by Crippen LogP contribution is -2.23. The molecule has 1 aromatic carbocycles. The van der Waals surface area contributed by atoms with Crippen LogP contribution in [0.25, 0.3) is 0 Å². The van der Waals surface area contributed by atoms with E-state index in [0.29, 0.717) is 17.0 Å². The highest BCUT2D eigenvalue weighted by atomic mass is 35.5. The summed E-state index contributed by atoms with van der Waals surface area (Å²) in [6.45, 7) is 2.30. The molecule has 0 aromatic heterocycles. The molecule has 3 heteroatoms. The van der Waals surface area contributed by atoms with Gasteiger partial charge in [-0.3, -0.25) is 0 Å². The van der Waals surface area contributed by atoms with E-state index in [1.54, 1.807) is 0 Å². The van der Waals surface area contributed by atoms with Gasteiger partial charge in [-0.2, -0.15) is 0 Å². The minimum absolute atomic E-state index is 0.325. The summed E-state index contributed by atoms with van der Waals surface area (Å²) in [6.07, 6.45) is 5.10. The Morgan fingerprint density at radius 1 is 1.24 bits per heavy atom. The van der Waals surface area contributed by atoms with Gasteiger partial charge < -0.3 is 4.74 Å². The molecule has 0 atom stereocenters. The number of ether oxygens (including phenoxy) is 1. The minimum atomic E-state index is 0.325. The van der Waals surface area contributed by atoms with Crippen LogP contribution in [-0.2, 0) is 5.88 Å². The van der Waals surface area contributed by atoms with Crippen LogP contribution in [0.4, 0.5) is 0 Å². The van der Waals surface area contributed by atoms with Gasteiger partial charge in [0.25, 0.3) is 0 Å². The Morgan fingerprint density at radius 2 is 1.94 bits per heavy atom. The van der Waals surface area contributed by atoms with Crippen molar-refractivity contribution in [3.05, 3.63) is 28.8 Å². The van der Waals surface area contributed by atoms with Gasteiger partial charge in [-0.25, -0.2) is 0 Å². The van der Waals surface area contributed by atoms with E-state index in [-0.39, 0.29) is 0 Å². The molecule has 1 fully saturated rings. The fourth-order valence-electron chi connectivity index (χ4n) is 2.25. The topological polar surface area (TPSA) is 9.23 Å². The lowest BCUT2D eigenvalue weighted by molar-refractivity contribution is 0.135. The summed E-state index contributed by atoms with van der Waals surface area (Å²) >= 11 is 11.9. The third-order valence-electron chi connectivity index (χ3n) is 3.41. The van der Waals surface area contributed by atoms with E-state index < -0.39 is 0 Å². The average Bonchev–Trinajstić information content (AvgIpc) is 2.34. The maximum Gasteiger partial charge on any atom is 0.138 e. The molecular weight excluding hydrogens is 255 g/mol. The van der Waals surface area contributed by atoms with Gasteiger partial charge >= 0.3 is 0 Å². The Morgan fingerprint density at radius 3 is 2.53 bits per heavy atom. The molecular formula is C14H18Cl2O. The zero-order chi connectivity index (χ0) is 12.3. The summed E-state index contributed by atoms with van der Waals surface area (Å²) in [5.41, 5.74) is 1.03. The molecule has 0 saturated heterocycles. The number of hydrogen-bond acceptors (Lipinski definition) is 1. The van der Waals surface area contributed by atoms with Crippen molar-refractivity contribution in [2.45, 2.75) is 44.6 Å². The SMILES string of the molecule is CC1CCC(Oc2ccc(CCl)cc2Cl)CC1. The lowest BCUT2D eigenvalue weighted by atomic mass is 9.89.